The average Bonchev–Trinajstić information content (AvgIpc) is 2.60. The summed E-state index contributed by atoms with van der Waals surface area (Å²) in [6, 6.07) is 11.5. The van der Waals surface area contributed by atoms with Crippen molar-refractivity contribution in [2.75, 3.05) is 5.01 Å². The lowest BCUT2D eigenvalue weighted by Crippen LogP contribution is -2.30. The molecule has 0 fully saturated rings. The second kappa shape index (κ2) is 6.64. The topological polar surface area (TPSA) is 75.8 Å². The van der Waals surface area contributed by atoms with E-state index in [0.717, 1.165) is 12.0 Å². The van der Waals surface area contributed by atoms with Crippen molar-refractivity contribution in [3.05, 3.63) is 69.3 Å². The summed E-state index contributed by atoms with van der Waals surface area (Å²) in [6.07, 6.45) is 0.753. The second-order valence-electron chi connectivity index (χ2n) is 7.14. The number of carbonyl (C=O) groups excluding carboxylic acids is 1. The maximum atomic E-state index is 11.8. The molecule has 0 aliphatic carbocycles. The number of non-ortho nitro benzene ring substituents is 1. The monoisotopic (exact) mass is 415 g/mol. The van der Waals surface area contributed by atoms with E-state index in [4.69, 9.17) is 0 Å². The zero-order chi connectivity index (χ0) is 19.1. The molecule has 1 heterocycles. The molecule has 1 aliphatic heterocycles. The number of halogens is 1. The zero-order valence-electron chi connectivity index (χ0n) is 14.6. The first-order valence-electron chi connectivity index (χ1n) is 8.10. The van der Waals surface area contributed by atoms with Crippen molar-refractivity contribution < 1.29 is 9.72 Å². The molecule has 0 aromatic heterocycles. The van der Waals surface area contributed by atoms with Gasteiger partial charge in [-0.1, -0.05) is 32.9 Å². The number of nitro groups is 1. The van der Waals surface area contributed by atoms with Crippen molar-refractivity contribution in [3.63, 3.8) is 0 Å². The van der Waals surface area contributed by atoms with Gasteiger partial charge in [-0.25, -0.2) is 5.01 Å². The minimum Gasteiger partial charge on any atom is -0.301 e. The van der Waals surface area contributed by atoms with Crippen LogP contribution in [0.1, 0.15) is 43.5 Å². The van der Waals surface area contributed by atoms with Gasteiger partial charge in [0.15, 0.2) is 0 Å². The number of hydrazone groups is 1. The maximum Gasteiger partial charge on any atom is 0.269 e. The summed E-state index contributed by atoms with van der Waals surface area (Å²) in [5.41, 5.74) is 3.10. The second-order valence-corrected chi connectivity index (χ2v) is 7.89. The molecule has 0 spiro atoms. The Morgan fingerprint density at radius 3 is 2.38 bits per heavy atom. The summed E-state index contributed by atoms with van der Waals surface area (Å²) in [7, 11) is 0. The van der Waals surface area contributed by atoms with Crippen molar-refractivity contribution in [3.8, 4) is 0 Å². The zero-order valence-corrected chi connectivity index (χ0v) is 16.2. The van der Waals surface area contributed by atoms with Gasteiger partial charge in [-0.2, -0.15) is 5.10 Å². The molecular weight excluding hydrogens is 398 g/mol. The third-order valence-corrected chi connectivity index (χ3v) is 4.96. The summed E-state index contributed by atoms with van der Waals surface area (Å²) in [4.78, 5) is 22.5. The lowest BCUT2D eigenvalue weighted by atomic mass is 9.87. The van der Waals surface area contributed by atoms with E-state index in [1.807, 2.05) is 24.3 Å². The van der Waals surface area contributed by atoms with Crippen LogP contribution < -0.4 is 5.01 Å². The van der Waals surface area contributed by atoms with Crippen molar-refractivity contribution in [2.24, 2.45) is 5.10 Å². The van der Waals surface area contributed by atoms with E-state index in [0.29, 0.717) is 15.7 Å². The van der Waals surface area contributed by atoms with E-state index in [9.17, 15) is 14.9 Å². The van der Waals surface area contributed by atoms with Crippen LogP contribution in [0, 0.1) is 10.1 Å². The molecule has 0 amide bonds. The lowest BCUT2D eigenvalue weighted by molar-refractivity contribution is -0.384. The largest absolute Gasteiger partial charge is 0.301 e. The molecule has 2 aromatic rings. The van der Waals surface area contributed by atoms with Crippen LogP contribution in [0.4, 0.5) is 11.4 Å². The Morgan fingerprint density at radius 1 is 1.19 bits per heavy atom. The van der Waals surface area contributed by atoms with Crippen LogP contribution in [0.5, 0.6) is 0 Å². The fourth-order valence-corrected chi connectivity index (χ4v) is 3.43. The molecule has 134 valence electrons. The van der Waals surface area contributed by atoms with Crippen LogP contribution in [0.25, 0.3) is 0 Å². The Morgan fingerprint density at radius 2 is 1.85 bits per heavy atom. The fraction of sp³-hybridized carbons (Fsp3) is 0.263. The number of anilines is 1. The summed E-state index contributed by atoms with van der Waals surface area (Å²) in [5, 5.41) is 17.2. The highest BCUT2D eigenvalue weighted by Gasteiger charge is 2.30. The Balaban J connectivity index is 2.07. The van der Waals surface area contributed by atoms with Gasteiger partial charge >= 0.3 is 0 Å². The van der Waals surface area contributed by atoms with Gasteiger partial charge in [-0.15, -0.1) is 0 Å². The first-order valence-corrected chi connectivity index (χ1v) is 8.89. The van der Waals surface area contributed by atoms with Crippen molar-refractivity contribution in [1.29, 1.82) is 0 Å². The third kappa shape index (κ3) is 3.26. The average molecular weight is 416 g/mol. The van der Waals surface area contributed by atoms with Gasteiger partial charge in [0, 0.05) is 23.3 Å². The number of hydrogen-bond donors (Lipinski definition) is 0. The molecular formula is C19H18BrN3O3. The summed E-state index contributed by atoms with van der Waals surface area (Å²) in [5.74, 6) is 0. The van der Waals surface area contributed by atoms with Crippen LogP contribution in [-0.2, 0) is 10.2 Å². The maximum absolute atomic E-state index is 11.8. The van der Waals surface area contributed by atoms with Gasteiger partial charge in [0.05, 0.1) is 10.6 Å². The molecule has 1 atom stereocenters. The quantitative estimate of drug-likeness (QED) is 0.413. The number of benzene rings is 2. The Hall–Kier alpha value is -2.54. The molecule has 0 saturated carbocycles. The van der Waals surface area contributed by atoms with Gasteiger partial charge in [0.25, 0.3) is 5.69 Å². The highest BCUT2D eigenvalue weighted by molar-refractivity contribution is 9.18. The van der Waals surface area contributed by atoms with Gasteiger partial charge in [0.1, 0.15) is 16.9 Å². The van der Waals surface area contributed by atoms with Crippen LogP contribution in [0.15, 0.2) is 47.6 Å². The predicted octanol–water partition coefficient (Wildman–Crippen LogP) is 4.71. The van der Waals surface area contributed by atoms with E-state index in [-0.39, 0.29) is 11.1 Å². The number of aldehydes is 1. The first-order chi connectivity index (χ1) is 12.2. The minimum atomic E-state index is -0.730. The van der Waals surface area contributed by atoms with E-state index < -0.39 is 11.0 Å². The highest BCUT2D eigenvalue weighted by Crippen LogP contribution is 2.36. The molecule has 0 bridgehead atoms. The van der Waals surface area contributed by atoms with Gasteiger partial charge in [-0.3, -0.25) is 10.1 Å². The Bertz CT molecular complexity index is 901. The van der Waals surface area contributed by atoms with E-state index in [1.165, 1.54) is 17.7 Å². The predicted molar refractivity (Wildman–Crippen MR) is 105 cm³/mol. The molecule has 0 radical (unpaired) electrons. The molecule has 1 unspecified atom stereocenters. The molecule has 0 N–H and O–H groups in total. The number of fused-ring (bicyclic) bond motifs is 1. The van der Waals surface area contributed by atoms with Crippen LogP contribution in [-0.4, -0.2) is 15.8 Å². The molecule has 1 aliphatic rings. The number of carbonyl (C=O) groups is 1. The van der Waals surface area contributed by atoms with Crippen LogP contribution >= 0.6 is 15.9 Å². The number of rotatable bonds is 3. The van der Waals surface area contributed by atoms with Crippen molar-refractivity contribution in [2.45, 2.75) is 32.2 Å². The Labute approximate surface area is 159 Å². The van der Waals surface area contributed by atoms with E-state index >= 15 is 0 Å². The van der Waals surface area contributed by atoms with Crippen LogP contribution in [0.2, 0.25) is 0 Å². The summed E-state index contributed by atoms with van der Waals surface area (Å²) in [6.45, 7) is 6.38. The summed E-state index contributed by atoms with van der Waals surface area (Å²) >= 11 is 3.41. The van der Waals surface area contributed by atoms with Gasteiger partial charge in [0.2, 0.25) is 0 Å². The Kier molecular flexibility index (Phi) is 4.66. The normalized spacial score (nSPS) is 16.7. The molecule has 2 aromatic carbocycles. The summed E-state index contributed by atoms with van der Waals surface area (Å²) < 4.78 is 0.528. The lowest BCUT2D eigenvalue weighted by Gasteiger charge is -2.31. The minimum absolute atomic E-state index is 0.0154. The van der Waals surface area contributed by atoms with Crippen molar-refractivity contribution >= 4 is 38.2 Å². The molecule has 0 saturated heterocycles. The molecule has 26 heavy (non-hydrogen) atoms. The number of nitrogens with zero attached hydrogens (tertiary/aromatic N) is 3. The number of hydrogen-bond acceptors (Lipinski definition) is 5. The smallest absolute Gasteiger partial charge is 0.269 e. The molecule has 6 nitrogen and oxygen atoms in total. The van der Waals surface area contributed by atoms with E-state index in [1.54, 1.807) is 11.1 Å². The molecule has 3 rings (SSSR count). The SMILES string of the molecule is CC(C)(C)c1ccc(N2N=C(Br)c3ccc([N+](=O)[O-])cc3C2C=O)cc1. The third-order valence-electron chi connectivity index (χ3n) is 4.37. The number of nitro benzene ring substituents is 1. The van der Waals surface area contributed by atoms with Gasteiger partial charge in [-0.05, 0) is 45.1 Å². The fourth-order valence-electron chi connectivity index (χ4n) is 2.90. The molecule has 7 heteroatoms. The van der Waals surface area contributed by atoms with E-state index in [2.05, 4.69) is 41.8 Å². The first kappa shape index (κ1) is 18.3. The van der Waals surface area contributed by atoms with Crippen LogP contribution in [0.3, 0.4) is 0 Å². The van der Waals surface area contributed by atoms with Crippen molar-refractivity contribution in [1.82, 2.24) is 0 Å². The van der Waals surface area contributed by atoms with Gasteiger partial charge < -0.3 is 4.79 Å². The standard InChI is InChI=1S/C19H18BrN3O3/c1-19(2,3)12-4-6-13(7-5-12)22-17(11-24)16-10-14(23(25)26)8-9-15(16)18(20)21-22/h4-11,17H,1-3H3. The highest BCUT2D eigenvalue weighted by atomic mass is 79.9.